The number of rotatable bonds is 2. The summed E-state index contributed by atoms with van der Waals surface area (Å²) in [5.41, 5.74) is 2.79. The van der Waals surface area contributed by atoms with Gasteiger partial charge in [0.2, 0.25) is 0 Å². The summed E-state index contributed by atoms with van der Waals surface area (Å²) in [6, 6.07) is 6.28. The molecule has 1 aromatic carbocycles. The molecule has 1 N–H and O–H groups in total. The standard InChI is InChI=1S/C16H17ClN2O3/c1-9-2-7-12-13(8-9)16(22)19(15(12)21)18-14(20)10-3-5-11(17)6-4-10/h3-6,9,12-13H,2,7-8H2,1H3,(H,18,20)/t9-,12-,13-/m1/s1. The lowest BCUT2D eigenvalue weighted by Crippen LogP contribution is -2.46. The van der Waals surface area contributed by atoms with Gasteiger partial charge in [-0.1, -0.05) is 18.5 Å². The smallest absolute Gasteiger partial charge is 0.270 e. The zero-order valence-electron chi connectivity index (χ0n) is 12.2. The van der Waals surface area contributed by atoms with Crippen molar-refractivity contribution >= 4 is 29.3 Å². The molecular formula is C16H17ClN2O3. The van der Waals surface area contributed by atoms with Crippen LogP contribution in [0.4, 0.5) is 0 Å². The number of hydrazine groups is 1. The first-order valence-corrected chi connectivity index (χ1v) is 7.79. The Morgan fingerprint density at radius 2 is 1.77 bits per heavy atom. The average Bonchev–Trinajstić information content (AvgIpc) is 2.72. The molecule has 2 aliphatic rings. The van der Waals surface area contributed by atoms with Crippen molar-refractivity contribution in [3.63, 3.8) is 0 Å². The monoisotopic (exact) mass is 320 g/mol. The Morgan fingerprint density at radius 1 is 1.14 bits per heavy atom. The molecule has 1 aromatic rings. The topological polar surface area (TPSA) is 66.5 Å². The second-order valence-corrected chi connectivity index (χ2v) is 6.53. The number of hydrogen-bond donors (Lipinski definition) is 1. The van der Waals surface area contributed by atoms with Crippen molar-refractivity contribution in [2.45, 2.75) is 26.2 Å². The largest absolute Gasteiger partial charge is 0.272 e. The van der Waals surface area contributed by atoms with Crippen LogP contribution in [0.25, 0.3) is 0 Å². The van der Waals surface area contributed by atoms with Crippen molar-refractivity contribution < 1.29 is 14.4 Å². The molecule has 0 aromatic heterocycles. The molecule has 22 heavy (non-hydrogen) atoms. The first-order chi connectivity index (χ1) is 10.5. The van der Waals surface area contributed by atoms with Gasteiger partial charge in [-0.3, -0.25) is 19.8 Å². The van der Waals surface area contributed by atoms with E-state index in [1.807, 2.05) is 0 Å². The Morgan fingerprint density at radius 3 is 2.45 bits per heavy atom. The SMILES string of the molecule is C[C@@H]1CC[C@H]2C(=O)N(NC(=O)c3ccc(Cl)cc3)C(=O)[C@@H]2C1. The van der Waals surface area contributed by atoms with Gasteiger partial charge in [-0.15, -0.1) is 0 Å². The number of halogens is 1. The second kappa shape index (κ2) is 5.72. The highest BCUT2D eigenvalue weighted by Crippen LogP contribution is 2.39. The third-order valence-corrected chi connectivity index (χ3v) is 4.76. The number of carbonyl (C=O) groups excluding carboxylic acids is 3. The van der Waals surface area contributed by atoms with Crippen LogP contribution in [0.1, 0.15) is 36.5 Å². The number of amides is 3. The van der Waals surface area contributed by atoms with Crippen LogP contribution in [0.2, 0.25) is 5.02 Å². The number of fused-ring (bicyclic) bond motifs is 1. The first kappa shape index (κ1) is 15.0. The lowest BCUT2D eigenvalue weighted by molar-refractivity contribution is -0.142. The van der Waals surface area contributed by atoms with Gasteiger partial charge >= 0.3 is 0 Å². The van der Waals surface area contributed by atoms with Gasteiger partial charge in [0, 0.05) is 10.6 Å². The highest BCUT2D eigenvalue weighted by molar-refractivity contribution is 6.30. The predicted octanol–water partition coefficient (Wildman–Crippen LogP) is 2.41. The molecule has 1 saturated carbocycles. The van der Waals surface area contributed by atoms with Gasteiger partial charge < -0.3 is 0 Å². The van der Waals surface area contributed by atoms with E-state index in [2.05, 4.69) is 12.3 Å². The van der Waals surface area contributed by atoms with E-state index in [1.54, 1.807) is 24.3 Å². The summed E-state index contributed by atoms with van der Waals surface area (Å²) < 4.78 is 0. The van der Waals surface area contributed by atoms with Crippen molar-refractivity contribution in [2.24, 2.45) is 17.8 Å². The summed E-state index contributed by atoms with van der Waals surface area (Å²) in [7, 11) is 0. The number of carbonyl (C=O) groups is 3. The van der Waals surface area contributed by atoms with Crippen molar-refractivity contribution in [2.75, 3.05) is 0 Å². The maximum atomic E-state index is 12.4. The highest BCUT2D eigenvalue weighted by atomic mass is 35.5. The maximum Gasteiger partial charge on any atom is 0.270 e. The van der Waals surface area contributed by atoms with Gasteiger partial charge in [0.15, 0.2) is 0 Å². The molecule has 0 bridgehead atoms. The molecule has 5 nitrogen and oxygen atoms in total. The fourth-order valence-corrected chi connectivity index (χ4v) is 3.39. The first-order valence-electron chi connectivity index (χ1n) is 7.41. The second-order valence-electron chi connectivity index (χ2n) is 6.09. The Labute approximate surface area is 133 Å². The summed E-state index contributed by atoms with van der Waals surface area (Å²) in [6.07, 6.45) is 2.37. The molecule has 0 unspecified atom stereocenters. The van der Waals surface area contributed by atoms with E-state index in [4.69, 9.17) is 11.6 Å². The van der Waals surface area contributed by atoms with E-state index < -0.39 is 5.91 Å². The molecule has 2 fully saturated rings. The molecule has 6 heteroatoms. The summed E-state index contributed by atoms with van der Waals surface area (Å²) in [4.78, 5) is 36.9. The molecule has 3 amide bonds. The lowest BCUT2D eigenvalue weighted by Gasteiger charge is -2.25. The maximum absolute atomic E-state index is 12.4. The Bertz CT molecular complexity index is 629. The van der Waals surface area contributed by atoms with E-state index in [-0.39, 0.29) is 23.7 Å². The van der Waals surface area contributed by atoms with E-state index >= 15 is 0 Å². The van der Waals surface area contributed by atoms with E-state index in [0.29, 0.717) is 29.3 Å². The van der Waals surface area contributed by atoms with Gasteiger partial charge in [-0.05, 0) is 49.4 Å². The van der Waals surface area contributed by atoms with Crippen LogP contribution in [-0.2, 0) is 9.59 Å². The molecule has 0 radical (unpaired) electrons. The Hall–Kier alpha value is -1.88. The number of nitrogens with one attached hydrogen (secondary N) is 1. The summed E-state index contributed by atoms with van der Waals surface area (Å²) in [5, 5.41) is 1.43. The van der Waals surface area contributed by atoms with E-state index in [1.165, 1.54) is 0 Å². The summed E-state index contributed by atoms with van der Waals surface area (Å²) in [5.74, 6) is -1.20. The van der Waals surface area contributed by atoms with Gasteiger partial charge in [-0.25, -0.2) is 0 Å². The third-order valence-electron chi connectivity index (χ3n) is 4.51. The predicted molar refractivity (Wildman–Crippen MR) is 80.8 cm³/mol. The van der Waals surface area contributed by atoms with E-state index in [9.17, 15) is 14.4 Å². The average molecular weight is 321 g/mol. The van der Waals surface area contributed by atoms with Crippen molar-refractivity contribution in [1.82, 2.24) is 10.4 Å². The van der Waals surface area contributed by atoms with Crippen LogP contribution in [0.15, 0.2) is 24.3 Å². The van der Waals surface area contributed by atoms with Gasteiger partial charge in [0.05, 0.1) is 11.8 Å². The lowest BCUT2D eigenvalue weighted by atomic mass is 9.76. The number of imide groups is 1. The molecule has 116 valence electrons. The van der Waals surface area contributed by atoms with Crippen molar-refractivity contribution in [3.8, 4) is 0 Å². The minimum atomic E-state index is -0.481. The normalized spacial score (nSPS) is 27.7. The van der Waals surface area contributed by atoms with Gasteiger partial charge in [0.25, 0.3) is 17.7 Å². The molecule has 0 spiro atoms. The zero-order chi connectivity index (χ0) is 15.9. The third kappa shape index (κ3) is 2.61. The Kier molecular flexibility index (Phi) is 3.91. The van der Waals surface area contributed by atoms with Crippen LogP contribution < -0.4 is 5.43 Å². The van der Waals surface area contributed by atoms with Crippen LogP contribution in [0, 0.1) is 17.8 Å². The molecule has 1 aliphatic heterocycles. The minimum Gasteiger partial charge on any atom is -0.272 e. The van der Waals surface area contributed by atoms with Crippen LogP contribution in [-0.4, -0.2) is 22.7 Å². The fourth-order valence-electron chi connectivity index (χ4n) is 3.27. The Balaban J connectivity index is 1.75. The molecule has 1 saturated heterocycles. The number of hydrogen-bond acceptors (Lipinski definition) is 3. The number of nitrogens with zero attached hydrogens (tertiary/aromatic N) is 1. The molecule has 3 rings (SSSR count). The summed E-state index contributed by atoms with van der Waals surface area (Å²) in [6.45, 7) is 2.09. The molecular weight excluding hydrogens is 304 g/mol. The van der Waals surface area contributed by atoms with E-state index in [0.717, 1.165) is 11.4 Å². The van der Waals surface area contributed by atoms with Crippen LogP contribution in [0.5, 0.6) is 0 Å². The highest BCUT2D eigenvalue weighted by Gasteiger charge is 2.50. The molecule has 1 heterocycles. The van der Waals surface area contributed by atoms with Crippen LogP contribution >= 0.6 is 11.6 Å². The van der Waals surface area contributed by atoms with Gasteiger partial charge in [-0.2, -0.15) is 5.01 Å². The van der Waals surface area contributed by atoms with Crippen molar-refractivity contribution in [1.29, 1.82) is 0 Å². The van der Waals surface area contributed by atoms with Crippen LogP contribution in [0.3, 0.4) is 0 Å². The fraction of sp³-hybridized carbons (Fsp3) is 0.438. The summed E-state index contributed by atoms with van der Waals surface area (Å²) >= 11 is 5.78. The molecule has 3 atom stereocenters. The zero-order valence-corrected chi connectivity index (χ0v) is 13.0. The number of benzene rings is 1. The van der Waals surface area contributed by atoms with Crippen molar-refractivity contribution in [3.05, 3.63) is 34.9 Å². The minimum absolute atomic E-state index is 0.283. The quantitative estimate of drug-likeness (QED) is 0.851. The molecule has 1 aliphatic carbocycles. The van der Waals surface area contributed by atoms with Gasteiger partial charge in [0.1, 0.15) is 0 Å².